The molecule has 0 aliphatic rings. The Morgan fingerprint density at radius 2 is 1.76 bits per heavy atom. The maximum Gasteiger partial charge on any atom is 0.241 e. The third-order valence-electron chi connectivity index (χ3n) is 3.46. The van der Waals surface area contributed by atoms with Crippen LogP contribution in [0.15, 0.2) is 59.1 Å². The molecule has 0 fully saturated rings. The minimum absolute atomic E-state index is 0.00393. The smallest absolute Gasteiger partial charge is 0.241 e. The fraction of sp³-hybridized carbons (Fsp3) is 0.235. The molecular formula is C17H19BrN2O. The zero-order valence-corrected chi connectivity index (χ0v) is 13.8. The normalized spacial score (nSPS) is 12.2. The second kappa shape index (κ2) is 7.38. The van der Waals surface area contributed by atoms with Gasteiger partial charge in [0, 0.05) is 16.7 Å². The van der Waals surface area contributed by atoms with Crippen LogP contribution in [0.4, 0.5) is 5.69 Å². The number of para-hydroxylation sites is 1. The number of carbonyl (C=O) groups excluding carboxylic acids is 1. The molecule has 2 rings (SSSR count). The van der Waals surface area contributed by atoms with E-state index >= 15 is 0 Å². The topological polar surface area (TPSA) is 32.3 Å². The molecule has 0 aliphatic heterocycles. The molecule has 0 spiro atoms. The summed E-state index contributed by atoms with van der Waals surface area (Å²) in [5, 5.41) is 2.93. The Bertz CT molecular complexity index is 601. The Labute approximate surface area is 134 Å². The van der Waals surface area contributed by atoms with E-state index in [0.29, 0.717) is 6.54 Å². The molecule has 0 heterocycles. The predicted octanol–water partition coefficient (Wildman–Crippen LogP) is 3.91. The minimum atomic E-state index is -0.211. The van der Waals surface area contributed by atoms with Crippen LogP contribution in [0.3, 0.4) is 0 Å². The van der Waals surface area contributed by atoms with Crippen LogP contribution < -0.4 is 5.32 Å². The quantitative estimate of drug-likeness (QED) is 0.890. The predicted molar refractivity (Wildman–Crippen MR) is 90.1 cm³/mol. The standard InChI is InChI=1S/C17H19BrN2O/c1-13(17(21)19-15-9-4-3-5-10-15)20(2)12-14-8-6-7-11-16(14)18/h3-11,13H,12H2,1-2H3,(H,19,21). The van der Waals surface area contributed by atoms with Crippen molar-refractivity contribution >= 4 is 27.5 Å². The molecule has 1 atom stereocenters. The second-order valence-corrected chi connectivity index (χ2v) is 5.89. The number of anilines is 1. The summed E-state index contributed by atoms with van der Waals surface area (Å²) in [6.07, 6.45) is 0. The molecule has 3 nitrogen and oxygen atoms in total. The first-order valence-electron chi connectivity index (χ1n) is 6.87. The summed E-state index contributed by atoms with van der Waals surface area (Å²) in [6.45, 7) is 2.62. The summed E-state index contributed by atoms with van der Waals surface area (Å²) >= 11 is 3.54. The molecule has 1 N–H and O–H groups in total. The summed E-state index contributed by atoms with van der Waals surface area (Å²) < 4.78 is 1.06. The Balaban J connectivity index is 1.97. The van der Waals surface area contributed by atoms with Crippen LogP contribution in [-0.4, -0.2) is 23.9 Å². The van der Waals surface area contributed by atoms with E-state index in [1.165, 1.54) is 5.56 Å². The lowest BCUT2D eigenvalue weighted by Crippen LogP contribution is -2.39. The molecular weight excluding hydrogens is 328 g/mol. The van der Waals surface area contributed by atoms with Gasteiger partial charge in [0.1, 0.15) is 0 Å². The first-order chi connectivity index (χ1) is 10.1. The van der Waals surface area contributed by atoms with Crippen molar-refractivity contribution in [2.75, 3.05) is 12.4 Å². The number of benzene rings is 2. The number of halogens is 1. The Hall–Kier alpha value is -1.65. The van der Waals surface area contributed by atoms with Crippen LogP contribution in [0.2, 0.25) is 0 Å². The Morgan fingerprint density at radius 1 is 1.14 bits per heavy atom. The van der Waals surface area contributed by atoms with Gasteiger partial charge in [-0.15, -0.1) is 0 Å². The van der Waals surface area contributed by atoms with Gasteiger partial charge in [-0.1, -0.05) is 52.3 Å². The van der Waals surface area contributed by atoms with Crippen molar-refractivity contribution < 1.29 is 4.79 Å². The van der Waals surface area contributed by atoms with Crippen LogP contribution in [0.25, 0.3) is 0 Å². The van der Waals surface area contributed by atoms with E-state index < -0.39 is 0 Å². The molecule has 1 amide bonds. The fourth-order valence-electron chi connectivity index (χ4n) is 2.00. The highest BCUT2D eigenvalue weighted by Crippen LogP contribution is 2.18. The highest BCUT2D eigenvalue weighted by Gasteiger charge is 2.18. The first-order valence-corrected chi connectivity index (χ1v) is 7.67. The molecule has 2 aromatic carbocycles. The van der Waals surface area contributed by atoms with E-state index in [2.05, 4.69) is 27.3 Å². The lowest BCUT2D eigenvalue weighted by Gasteiger charge is -2.24. The summed E-state index contributed by atoms with van der Waals surface area (Å²) in [5.74, 6) is -0.00393. The van der Waals surface area contributed by atoms with Crippen LogP contribution >= 0.6 is 15.9 Å². The number of rotatable bonds is 5. The van der Waals surface area contributed by atoms with Crippen molar-refractivity contribution in [3.8, 4) is 0 Å². The highest BCUT2D eigenvalue weighted by molar-refractivity contribution is 9.10. The van der Waals surface area contributed by atoms with Crippen molar-refractivity contribution in [1.29, 1.82) is 0 Å². The first kappa shape index (κ1) is 15.7. The summed E-state index contributed by atoms with van der Waals surface area (Å²) in [6, 6.07) is 17.4. The zero-order chi connectivity index (χ0) is 15.2. The van der Waals surface area contributed by atoms with Crippen molar-refractivity contribution in [2.45, 2.75) is 19.5 Å². The van der Waals surface area contributed by atoms with E-state index in [9.17, 15) is 4.79 Å². The monoisotopic (exact) mass is 346 g/mol. The largest absolute Gasteiger partial charge is 0.325 e. The molecule has 0 saturated carbocycles. The van der Waals surface area contributed by atoms with E-state index in [1.807, 2.05) is 67.4 Å². The summed E-state index contributed by atoms with van der Waals surface area (Å²) in [5.41, 5.74) is 1.99. The number of carbonyl (C=O) groups is 1. The molecule has 0 bridgehead atoms. The number of hydrogen-bond acceptors (Lipinski definition) is 2. The molecule has 0 aliphatic carbocycles. The molecule has 110 valence electrons. The molecule has 0 saturated heterocycles. The van der Waals surface area contributed by atoms with Crippen molar-refractivity contribution in [3.63, 3.8) is 0 Å². The highest BCUT2D eigenvalue weighted by atomic mass is 79.9. The molecule has 2 aromatic rings. The SMILES string of the molecule is CC(C(=O)Nc1ccccc1)N(C)Cc1ccccc1Br. The lowest BCUT2D eigenvalue weighted by atomic mass is 10.2. The van der Waals surface area contributed by atoms with Gasteiger partial charge in [-0.3, -0.25) is 9.69 Å². The number of hydrogen-bond donors (Lipinski definition) is 1. The van der Waals surface area contributed by atoms with Gasteiger partial charge in [-0.05, 0) is 37.7 Å². The van der Waals surface area contributed by atoms with Gasteiger partial charge in [0.15, 0.2) is 0 Å². The van der Waals surface area contributed by atoms with Crippen LogP contribution in [0.5, 0.6) is 0 Å². The zero-order valence-electron chi connectivity index (χ0n) is 12.2. The minimum Gasteiger partial charge on any atom is -0.325 e. The maximum absolute atomic E-state index is 12.3. The Kier molecular flexibility index (Phi) is 5.53. The van der Waals surface area contributed by atoms with Gasteiger partial charge in [-0.2, -0.15) is 0 Å². The van der Waals surface area contributed by atoms with Gasteiger partial charge < -0.3 is 5.32 Å². The van der Waals surface area contributed by atoms with Crippen molar-refractivity contribution in [2.24, 2.45) is 0 Å². The van der Waals surface area contributed by atoms with Crippen LogP contribution in [-0.2, 0) is 11.3 Å². The van der Waals surface area contributed by atoms with E-state index in [1.54, 1.807) is 0 Å². The van der Waals surface area contributed by atoms with Crippen molar-refractivity contribution in [1.82, 2.24) is 4.90 Å². The molecule has 21 heavy (non-hydrogen) atoms. The molecule has 0 radical (unpaired) electrons. The third kappa shape index (κ3) is 4.41. The van der Waals surface area contributed by atoms with Gasteiger partial charge in [0.25, 0.3) is 0 Å². The van der Waals surface area contributed by atoms with Crippen LogP contribution in [0, 0.1) is 0 Å². The van der Waals surface area contributed by atoms with Gasteiger partial charge in [0.2, 0.25) is 5.91 Å². The van der Waals surface area contributed by atoms with Crippen LogP contribution in [0.1, 0.15) is 12.5 Å². The molecule has 0 aromatic heterocycles. The average molecular weight is 347 g/mol. The summed E-state index contributed by atoms with van der Waals surface area (Å²) in [4.78, 5) is 14.3. The third-order valence-corrected chi connectivity index (χ3v) is 4.23. The van der Waals surface area contributed by atoms with E-state index in [4.69, 9.17) is 0 Å². The van der Waals surface area contributed by atoms with Crippen molar-refractivity contribution in [3.05, 3.63) is 64.6 Å². The molecule has 4 heteroatoms. The van der Waals surface area contributed by atoms with Gasteiger partial charge >= 0.3 is 0 Å². The number of nitrogens with zero attached hydrogens (tertiary/aromatic N) is 1. The number of amides is 1. The maximum atomic E-state index is 12.3. The summed E-state index contributed by atoms with van der Waals surface area (Å²) in [7, 11) is 1.95. The van der Waals surface area contributed by atoms with E-state index in [0.717, 1.165) is 10.2 Å². The Morgan fingerprint density at radius 3 is 2.43 bits per heavy atom. The second-order valence-electron chi connectivity index (χ2n) is 5.04. The number of nitrogens with one attached hydrogen (secondary N) is 1. The van der Waals surface area contributed by atoms with Gasteiger partial charge in [0.05, 0.1) is 6.04 Å². The fourth-order valence-corrected chi connectivity index (χ4v) is 2.41. The van der Waals surface area contributed by atoms with E-state index in [-0.39, 0.29) is 11.9 Å². The average Bonchev–Trinajstić information content (AvgIpc) is 2.49. The molecule has 1 unspecified atom stereocenters. The lowest BCUT2D eigenvalue weighted by molar-refractivity contribution is -0.120. The van der Waals surface area contributed by atoms with Gasteiger partial charge in [-0.25, -0.2) is 0 Å². The number of likely N-dealkylation sites (N-methyl/N-ethyl adjacent to an activating group) is 1.